The highest BCUT2D eigenvalue weighted by Crippen LogP contribution is 2.20. The molecule has 3 nitrogen and oxygen atoms in total. The smallest absolute Gasteiger partial charge is 0.120 e. The minimum atomic E-state index is -0.204. The Morgan fingerprint density at radius 2 is 2.13 bits per heavy atom. The minimum absolute atomic E-state index is 0.204. The Hall–Kier alpha value is -1.06. The standard InChI is InChI=1S/C12H17NO2/c14-11-5-3-7-13(9-11)8-10-4-1-2-6-12(10)15/h1-2,4,6,11,14-15H,3,5,7-9H2/t11-/m0/s1. The van der Waals surface area contributed by atoms with Crippen LogP contribution in [-0.4, -0.2) is 34.3 Å². The van der Waals surface area contributed by atoms with Crippen molar-refractivity contribution in [3.63, 3.8) is 0 Å². The summed E-state index contributed by atoms with van der Waals surface area (Å²) in [7, 11) is 0. The van der Waals surface area contributed by atoms with Crippen LogP contribution in [0.5, 0.6) is 5.75 Å². The third kappa shape index (κ3) is 2.70. The van der Waals surface area contributed by atoms with E-state index in [9.17, 15) is 10.2 Å². The largest absolute Gasteiger partial charge is 0.508 e. The maximum absolute atomic E-state index is 9.62. The van der Waals surface area contributed by atoms with Crippen LogP contribution < -0.4 is 0 Å². The van der Waals surface area contributed by atoms with Crippen LogP contribution in [0.2, 0.25) is 0 Å². The van der Waals surface area contributed by atoms with E-state index < -0.39 is 0 Å². The first-order chi connectivity index (χ1) is 7.25. The van der Waals surface area contributed by atoms with Crippen LogP contribution in [0.3, 0.4) is 0 Å². The SMILES string of the molecule is Oc1ccccc1CN1CCC[C@H](O)C1. The average Bonchev–Trinajstić information content (AvgIpc) is 2.22. The fourth-order valence-electron chi connectivity index (χ4n) is 2.06. The highest BCUT2D eigenvalue weighted by molar-refractivity contribution is 5.31. The van der Waals surface area contributed by atoms with Crippen molar-refractivity contribution in [2.45, 2.75) is 25.5 Å². The summed E-state index contributed by atoms with van der Waals surface area (Å²) in [5.41, 5.74) is 0.937. The van der Waals surface area contributed by atoms with Gasteiger partial charge in [0.05, 0.1) is 6.10 Å². The van der Waals surface area contributed by atoms with Crippen molar-refractivity contribution in [1.82, 2.24) is 4.90 Å². The van der Waals surface area contributed by atoms with Crippen molar-refractivity contribution < 1.29 is 10.2 Å². The lowest BCUT2D eigenvalue weighted by molar-refractivity contribution is 0.0664. The molecule has 1 aromatic rings. The summed E-state index contributed by atoms with van der Waals surface area (Å²) >= 11 is 0. The molecule has 0 unspecified atom stereocenters. The number of aromatic hydroxyl groups is 1. The van der Waals surface area contributed by atoms with E-state index in [0.29, 0.717) is 12.3 Å². The zero-order valence-electron chi connectivity index (χ0n) is 8.76. The topological polar surface area (TPSA) is 43.7 Å². The van der Waals surface area contributed by atoms with E-state index in [1.165, 1.54) is 0 Å². The summed E-state index contributed by atoms with van der Waals surface area (Å²) in [5, 5.41) is 19.1. The maximum atomic E-state index is 9.62. The molecule has 1 fully saturated rings. The molecule has 1 aliphatic rings. The number of aliphatic hydroxyl groups excluding tert-OH is 1. The van der Waals surface area contributed by atoms with Gasteiger partial charge in [0.1, 0.15) is 5.75 Å². The van der Waals surface area contributed by atoms with Crippen molar-refractivity contribution in [3.8, 4) is 5.75 Å². The predicted molar refractivity (Wildman–Crippen MR) is 58.6 cm³/mol. The van der Waals surface area contributed by atoms with Gasteiger partial charge in [-0.15, -0.1) is 0 Å². The third-order valence-corrected chi connectivity index (χ3v) is 2.87. The molecule has 1 atom stereocenters. The van der Waals surface area contributed by atoms with Crippen LogP contribution in [0.1, 0.15) is 18.4 Å². The maximum Gasteiger partial charge on any atom is 0.120 e. The monoisotopic (exact) mass is 207 g/mol. The fourth-order valence-corrected chi connectivity index (χ4v) is 2.06. The van der Waals surface area contributed by atoms with Gasteiger partial charge in [-0.25, -0.2) is 0 Å². The number of rotatable bonds is 2. The van der Waals surface area contributed by atoms with Gasteiger partial charge in [-0.2, -0.15) is 0 Å². The first-order valence-corrected chi connectivity index (χ1v) is 5.43. The summed E-state index contributed by atoms with van der Waals surface area (Å²) in [4.78, 5) is 2.18. The lowest BCUT2D eigenvalue weighted by Crippen LogP contribution is -2.37. The molecule has 2 N–H and O–H groups in total. The van der Waals surface area contributed by atoms with E-state index in [1.807, 2.05) is 18.2 Å². The number of phenols is 1. The number of nitrogens with zero attached hydrogens (tertiary/aromatic N) is 1. The molecule has 15 heavy (non-hydrogen) atoms. The van der Waals surface area contributed by atoms with E-state index in [2.05, 4.69) is 4.90 Å². The lowest BCUT2D eigenvalue weighted by atomic mass is 10.1. The molecule has 0 aromatic heterocycles. The van der Waals surface area contributed by atoms with E-state index in [1.54, 1.807) is 6.07 Å². The molecule has 0 aliphatic carbocycles. The number of phenolic OH excluding ortho intramolecular Hbond substituents is 1. The van der Waals surface area contributed by atoms with Crippen LogP contribution in [-0.2, 0) is 6.54 Å². The highest BCUT2D eigenvalue weighted by Gasteiger charge is 2.18. The van der Waals surface area contributed by atoms with Crippen LogP contribution in [0, 0.1) is 0 Å². The molecular weight excluding hydrogens is 190 g/mol. The number of aliphatic hydroxyl groups is 1. The Morgan fingerprint density at radius 1 is 1.33 bits per heavy atom. The summed E-state index contributed by atoms with van der Waals surface area (Å²) in [6.07, 6.45) is 1.73. The molecule has 0 bridgehead atoms. The Labute approximate surface area is 90.0 Å². The number of piperidine rings is 1. The molecule has 1 aliphatic heterocycles. The lowest BCUT2D eigenvalue weighted by Gasteiger charge is -2.30. The van der Waals surface area contributed by atoms with Gasteiger partial charge in [-0.1, -0.05) is 18.2 Å². The average molecular weight is 207 g/mol. The van der Waals surface area contributed by atoms with Gasteiger partial charge in [0.25, 0.3) is 0 Å². The Bertz CT molecular complexity index is 327. The third-order valence-electron chi connectivity index (χ3n) is 2.87. The Morgan fingerprint density at radius 3 is 2.87 bits per heavy atom. The quantitative estimate of drug-likeness (QED) is 0.769. The van der Waals surface area contributed by atoms with Gasteiger partial charge in [0.15, 0.2) is 0 Å². The van der Waals surface area contributed by atoms with E-state index in [-0.39, 0.29) is 6.10 Å². The van der Waals surface area contributed by atoms with Gasteiger partial charge in [-0.05, 0) is 25.5 Å². The molecule has 0 spiro atoms. The number of para-hydroxylation sites is 1. The summed E-state index contributed by atoms with van der Waals surface area (Å²) in [5.74, 6) is 0.345. The molecule has 0 saturated carbocycles. The van der Waals surface area contributed by atoms with Gasteiger partial charge in [0.2, 0.25) is 0 Å². The predicted octanol–water partition coefficient (Wildman–Crippen LogP) is 1.35. The summed E-state index contributed by atoms with van der Waals surface area (Å²) in [6.45, 7) is 2.45. The van der Waals surface area contributed by atoms with Gasteiger partial charge < -0.3 is 10.2 Å². The van der Waals surface area contributed by atoms with Crippen molar-refractivity contribution in [2.24, 2.45) is 0 Å². The van der Waals surface area contributed by atoms with Gasteiger partial charge in [-0.3, -0.25) is 4.90 Å². The van der Waals surface area contributed by atoms with E-state index in [4.69, 9.17) is 0 Å². The molecule has 1 heterocycles. The summed E-state index contributed by atoms with van der Waals surface area (Å²) in [6, 6.07) is 7.38. The first-order valence-electron chi connectivity index (χ1n) is 5.43. The normalized spacial score (nSPS) is 22.9. The van der Waals surface area contributed by atoms with Crippen molar-refractivity contribution >= 4 is 0 Å². The summed E-state index contributed by atoms with van der Waals surface area (Å²) < 4.78 is 0. The van der Waals surface area contributed by atoms with Crippen molar-refractivity contribution in [1.29, 1.82) is 0 Å². The molecule has 2 rings (SSSR count). The number of hydrogen-bond donors (Lipinski definition) is 2. The van der Waals surface area contributed by atoms with Crippen LogP contribution in [0.25, 0.3) is 0 Å². The number of hydrogen-bond acceptors (Lipinski definition) is 3. The van der Waals surface area contributed by atoms with Gasteiger partial charge in [0, 0.05) is 18.7 Å². The first kappa shape index (κ1) is 10.5. The van der Waals surface area contributed by atoms with E-state index in [0.717, 1.165) is 31.5 Å². The molecular formula is C12H17NO2. The second-order valence-electron chi connectivity index (χ2n) is 4.16. The molecule has 1 aromatic carbocycles. The zero-order valence-corrected chi connectivity index (χ0v) is 8.76. The number of likely N-dealkylation sites (tertiary alicyclic amines) is 1. The van der Waals surface area contributed by atoms with Crippen molar-refractivity contribution in [2.75, 3.05) is 13.1 Å². The minimum Gasteiger partial charge on any atom is -0.508 e. The molecule has 3 heteroatoms. The molecule has 1 saturated heterocycles. The highest BCUT2D eigenvalue weighted by atomic mass is 16.3. The molecule has 82 valence electrons. The Balaban J connectivity index is 1.99. The van der Waals surface area contributed by atoms with Gasteiger partial charge >= 0.3 is 0 Å². The number of benzene rings is 1. The fraction of sp³-hybridized carbons (Fsp3) is 0.500. The Kier molecular flexibility index (Phi) is 3.23. The second kappa shape index (κ2) is 4.64. The zero-order chi connectivity index (χ0) is 10.7. The molecule has 0 radical (unpaired) electrons. The van der Waals surface area contributed by atoms with Crippen LogP contribution in [0.15, 0.2) is 24.3 Å². The van der Waals surface area contributed by atoms with Crippen molar-refractivity contribution in [3.05, 3.63) is 29.8 Å². The number of β-amino-alcohol motifs (C(OH)–C–C–N with tert-alkyl or cyclic N) is 1. The molecule has 0 amide bonds. The van der Waals surface area contributed by atoms with E-state index >= 15 is 0 Å². The van der Waals surface area contributed by atoms with Crippen LogP contribution in [0.4, 0.5) is 0 Å². The van der Waals surface area contributed by atoms with Crippen LogP contribution >= 0.6 is 0 Å². The second-order valence-corrected chi connectivity index (χ2v) is 4.16.